The van der Waals surface area contributed by atoms with Gasteiger partial charge in [-0.1, -0.05) is 0 Å². The van der Waals surface area contributed by atoms with Crippen LogP contribution in [-0.4, -0.2) is 42.1 Å². The highest BCUT2D eigenvalue weighted by Crippen LogP contribution is 2.41. The molecule has 0 bridgehead atoms. The van der Waals surface area contributed by atoms with E-state index in [9.17, 15) is 4.79 Å². The number of ether oxygens (including phenoxy) is 5. The maximum atomic E-state index is 12.2. The van der Waals surface area contributed by atoms with Gasteiger partial charge >= 0.3 is 5.97 Å². The minimum Gasteiger partial charge on any atom is -0.428 e. The van der Waals surface area contributed by atoms with E-state index in [1.54, 1.807) is 27.7 Å². The van der Waals surface area contributed by atoms with Crippen LogP contribution in [0.25, 0.3) is 0 Å². The maximum Gasteiger partial charge on any atom is 0.340 e. The van der Waals surface area contributed by atoms with Gasteiger partial charge in [0.15, 0.2) is 17.7 Å². The largest absolute Gasteiger partial charge is 0.428 e. The molecule has 3 aliphatic heterocycles. The zero-order chi connectivity index (χ0) is 13.9. The molecule has 0 aromatic rings. The molecule has 0 unspecified atom stereocenters. The summed E-state index contributed by atoms with van der Waals surface area (Å²) in [5, 5.41) is 0. The lowest BCUT2D eigenvalue weighted by molar-refractivity contribution is -0.253. The molecule has 3 heterocycles. The second-order valence-corrected chi connectivity index (χ2v) is 6.26. The van der Waals surface area contributed by atoms with E-state index in [0.717, 1.165) is 0 Å². The third-order valence-electron chi connectivity index (χ3n) is 3.58. The fraction of sp³-hybridized carbons (Fsp3) is 0.923. The Balaban J connectivity index is 1.78. The van der Waals surface area contributed by atoms with Gasteiger partial charge in [0.1, 0.15) is 6.61 Å². The highest BCUT2D eigenvalue weighted by Gasteiger charge is 2.56. The van der Waals surface area contributed by atoms with Crippen LogP contribution in [0.15, 0.2) is 0 Å². The molecule has 19 heavy (non-hydrogen) atoms. The van der Waals surface area contributed by atoms with E-state index in [2.05, 4.69) is 0 Å². The van der Waals surface area contributed by atoms with E-state index in [1.807, 2.05) is 0 Å². The lowest BCUT2D eigenvalue weighted by atomic mass is 10.1. The molecule has 0 saturated carbocycles. The van der Waals surface area contributed by atoms with E-state index in [0.29, 0.717) is 12.8 Å². The summed E-state index contributed by atoms with van der Waals surface area (Å²) in [5.74, 6) is -2.91. The highest BCUT2D eigenvalue weighted by molar-refractivity contribution is 5.76. The Morgan fingerprint density at radius 3 is 2.47 bits per heavy atom. The topological polar surface area (TPSA) is 63.2 Å². The Hall–Kier alpha value is -0.690. The Morgan fingerprint density at radius 2 is 1.84 bits per heavy atom. The summed E-state index contributed by atoms with van der Waals surface area (Å²) in [6, 6.07) is 0. The maximum absolute atomic E-state index is 12.2. The molecular formula is C13H20O6. The van der Waals surface area contributed by atoms with E-state index < -0.39 is 29.4 Å². The van der Waals surface area contributed by atoms with Gasteiger partial charge in [-0.15, -0.1) is 0 Å². The summed E-state index contributed by atoms with van der Waals surface area (Å²) < 4.78 is 28.1. The number of carbonyl (C=O) groups excluding carboxylic acids is 1. The van der Waals surface area contributed by atoms with Gasteiger partial charge in [-0.25, -0.2) is 4.79 Å². The van der Waals surface area contributed by atoms with Crippen molar-refractivity contribution in [1.29, 1.82) is 0 Å². The summed E-state index contributed by atoms with van der Waals surface area (Å²) in [5.41, 5.74) is 0. The highest BCUT2D eigenvalue weighted by atomic mass is 16.8. The number of hydrogen-bond donors (Lipinski definition) is 0. The minimum absolute atomic E-state index is 0.245. The van der Waals surface area contributed by atoms with Crippen LogP contribution in [0.5, 0.6) is 0 Å². The van der Waals surface area contributed by atoms with Crippen LogP contribution in [0.3, 0.4) is 0 Å². The van der Waals surface area contributed by atoms with Gasteiger partial charge in [0, 0.05) is 6.42 Å². The van der Waals surface area contributed by atoms with Crippen molar-refractivity contribution in [2.75, 3.05) is 6.61 Å². The van der Waals surface area contributed by atoms with Crippen LogP contribution in [0.4, 0.5) is 0 Å². The average Bonchev–Trinajstić information content (AvgIpc) is 2.70. The van der Waals surface area contributed by atoms with Crippen molar-refractivity contribution in [3.8, 4) is 0 Å². The summed E-state index contributed by atoms with van der Waals surface area (Å²) >= 11 is 0. The monoisotopic (exact) mass is 272 g/mol. The molecule has 6 heteroatoms. The fourth-order valence-electron chi connectivity index (χ4n) is 2.86. The van der Waals surface area contributed by atoms with Crippen LogP contribution < -0.4 is 0 Å². The van der Waals surface area contributed by atoms with Crippen molar-refractivity contribution in [3.63, 3.8) is 0 Å². The Bertz CT molecular complexity index is 404. The predicted molar refractivity (Wildman–Crippen MR) is 63.0 cm³/mol. The number of hydrogen-bond acceptors (Lipinski definition) is 6. The second-order valence-electron chi connectivity index (χ2n) is 6.26. The fourth-order valence-corrected chi connectivity index (χ4v) is 2.86. The summed E-state index contributed by atoms with van der Waals surface area (Å²) in [6.45, 7) is 7.44. The Morgan fingerprint density at radius 1 is 1.11 bits per heavy atom. The van der Waals surface area contributed by atoms with Crippen LogP contribution in [0.2, 0.25) is 0 Å². The molecule has 3 saturated heterocycles. The molecule has 6 nitrogen and oxygen atoms in total. The van der Waals surface area contributed by atoms with E-state index >= 15 is 0 Å². The van der Waals surface area contributed by atoms with Crippen molar-refractivity contribution < 1.29 is 28.5 Å². The molecule has 0 N–H and O–H groups in total. The summed E-state index contributed by atoms with van der Waals surface area (Å²) in [7, 11) is 0. The van der Waals surface area contributed by atoms with E-state index in [4.69, 9.17) is 23.7 Å². The molecule has 3 rings (SSSR count). The van der Waals surface area contributed by atoms with E-state index in [1.165, 1.54) is 0 Å². The van der Waals surface area contributed by atoms with Crippen LogP contribution in [0.1, 0.15) is 40.5 Å². The van der Waals surface area contributed by atoms with Crippen LogP contribution >= 0.6 is 0 Å². The van der Waals surface area contributed by atoms with Crippen molar-refractivity contribution in [1.82, 2.24) is 0 Å². The van der Waals surface area contributed by atoms with Gasteiger partial charge in [-0.05, 0) is 34.1 Å². The van der Waals surface area contributed by atoms with Gasteiger partial charge in [0.2, 0.25) is 5.79 Å². The van der Waals surface area contributed by atoms with Gasteiger partial charge in [0.25, 0.3) is 0 Å². The summed E-state index contributed by atoms with van der Waals surface area (Å²) in [4.78, 5) is 12.2. The summed E-state index contributed by atoms with van der Waals surface area (Å²) in [6.07, 6.45) is 0.220. The van der Waals surface area contributed by atoms with Gasteiger partial charge < -0.3 is 23.7 Å². The van der Waals surface area contributed by atoms with Gasteiger partial charge in [-0.3, -0.25) is 0 Å². The van der Waals surface area contributed by atoms with Crippen LogP contribution in [-0.2, 0) is 28.5 Å². The molecule has 0 aromatic heterocycles. The number of esters is 1. The standard InChI is InChI=1S/C13H20O6/c1-11(2)15-7-13(19-11)6-5-8-9(10(14)18-13)17-12(3,4)16-8/h8-9H,5-7H2,1-4H3/t8-,9-,13+/m1/s1. The van der Waals surface area contributed by atoms with Crippen molar-refractivity contribution in [2.45, 2.75) is 70.1 Å². The normalized spacial score (nSPS) is 43.9. The molecule has 3 fully saturated rings. The average molecular weight is 272 g/mol. The molecule has 3 aliphatic rings. The van der Waals surface area contributed by atoms with E-state index in [-0.39, 0.29) is 12.7 Å². The molecule has 3 atom stereocenters. The zero-order valence-corrected chi connectivity index (χ0v) is 11.7. The van der Waals surface area contributed by atoms with Crippen molar-refractivity contribution in [3.05, 3.63) is 0 Å². The molecule has 0 amide bonds. The molecule has 108 valence electrons. The first-order chi connectivity index (χ1) is 8.71. The SMILES string of the molecule is CC1(C)O[C@@H]2CC[C@]3(COC(C)(C)O3)OC(=O)[C@@H]2O1. The van der Waals surface area contributed by atoms with Crippen LogP contribution in [0, 0.1) is 0 Å². The quantitative estimate of drug-likeness (QED) is 0.620. The smallest absolute Gasteiger partial charge is 0.340 e. The Kier molecular flexibility index (Phi) is 2.74. The first-order valence-electron chi connectivity index (χ1n) is 6.63. The Labute approximate surface area is 112 Å². The third-order valence-corrected chi connectivity index (χ3v) is 3.58. The number of rotatable bonds is 0. The predicted octanol–water partition coefficient (Wildman–Crippen LogP) is 1.32. The van der Waals surface area contributed by atoms with Crippen molar-refractivity contribution >= 4 is 5.97 Å². The second kappa shape index (κ2) is 3.91. The third kappa shape index (κ3) is 2.38. The minimum atomic E-state index is -0.998. The number of fused-ring (bicyclic) bond motifs is 1. The first-order valence-corrected chi connectivity index (χ1v) is 6.63. The van der Waals surface area contributed by atoms with Gasteiger partial charge in [0.05, 0.1) is 6.10 Å². The molecule has 0 aromatic carbocycles. The lowest BCUT2D eigenvalue weighted by Crippen LogP contribution is -2.41. The molecular weight excluding hydrogens is 252 g/mol. The lowest BCUT2D eigenvalue weighted by Gasteiger charge is -2.28. The number of carbonyl (C=O) groups is 1. The molecule has 1 spiro atoms. The van der Waals surface area contributed by atoms with Gasteiger partial charge in [-0.2, -0.15) is 0 Å². The van der Waals surface area contributed by atoms with Crippen molar-refractivity contribution in [2.24, 2.45) is 0 Å². The zero-order valence-electron chi connectivity index (χ0n) is 11.7. The first kappa shape index (κ1) is 13.3. The molecule has 0 radical (unpaired) electrons. The molecule has 0 aliphatic carbocycles.